The molecule has 0 saturated carbocycles. The summed E-state index contributed by atoms with van der Waals surface area (Å²) in [5.41, 5.74) is 1.66. The molecule has 0 aromatic heterocycles. The normalized spacial score (nSPS) is 11.7. The van der Waals surface area contributed by atoms with Gasteiger partial charge in [0.05, 0.1) is 0 Å². The minimum Gasteiger partial charge on any atom is -0.317 e. The van der Waals surface area contributed by atoms with Gasteiger partial charge in [-0.15, -0.1) is 0 Å². The lowest BCUT2D eigenvalue weighted by molar-refractivity contribution is 0.461. The topological polar surface area (TPSA) is 12.0 Å². The SMILES string of the molecule is CCNCCC(C)(C)c1ccc(Br)cc1. The van der Waals surface area contributed by atoms with Crippen LogP contribution in [0, 0.1) is 0 Å². The van der Waals surface area contributed by atoms with Crippen molar-refractivity contribution in [1.29, 1.82) is 0 Å². The van der Waals surface area contributed by atoms with Gasteiger partial charge in [0.1, 0.15) is 0 Å². The molecule has 0 aliphatic rings. The Labute approximate surface area is 101 Å². The van der Waals surface area contributed by atoms with E-state index in [1.165, 1.54) is 12.0 Å². The second-order valence-corrected chi connectivity index (χ2v) is 5.41. The van der Waals surface area contributed by atoms with Crippen LogP contribution in [0.5, 0.6) is 0 Å². The maximum Gasteiger partial charge on any atom is 0.0175 e. The van der Waals surface area contributed by atoms with Crippen molar-refractivity contribution >= 4 is 15.9 Å². The Bertz CT molecular complexity index is 290. The fourth-order valence-electron chi connectivity index (χ4n) is 1.62. The lowest BCUT2D eigenvalue weighted by Crippen LogP contribution is -2.25. The number of hydrogen-bond acceptors (Lipinski definition) is 1. The van der Waals surface area contributed by atoms with Crippen molar-refractivity contribution in [1.82, 2.24) is 5.32 Å². The molecule has 0 heterocycles. The van der Waals surface area contributed by atoms with Crippen LogP contribution in [0.3, 0.4) is 0 Å². The molecular formula is C13H20BrN. The summed E-state index contributed by atoms with van der Waals surface area (Å²) in [4.78, 5) is 0. The minimum absolute atomic E-state index is 0.253. The van der Waals surface area contributed by atoms with Gasteiger partial charge in [-0.2, -0.15) is 0 Å². The molecule has 0 saturated heterocycles. The van der Waals surface area contributed by atoms with E-state index in [9.17, 15) is 0 Å². The summed E-state index contributed by atoms with van der Waals surface area (Å²) in [5, 5.41) is 3.38. The molecule has 1 N–H and O–H groups in total. The Morgan fingerprint density at radius 3 is 2.33 bits per heavy atom. The standard InChI is InChI=1S/C13H20BrN/c1-4-15-10-9-13(2,3)11-5-7-12(14)8-6-11/h5-8,15H,4,9-10H2,1-3H3. The second-order valence-electron chi connectivity index (χ2n) is 4.49. The van der Waals surface area contributed by atoms with Crippen LogP contribution in [0.15, 0.2) is 28.7 Å². The maximum absolute atomic E-state index is 3.46. The summed E-state index contributed by atoms with van der Waals surface area (Å²) in [6.45, 7) is 8.88. The first-order valence-corrected chi connectivity index (χ1v) is 6.32. The third-order valence-electron chi connectivity index (χ3n) is 2.80. The van der Waals surface area contributed by atoms with Gasteiger partial charge in [-0.3, -0.25) is 0 Å². The van der Waals surface area contributed by atoms with Crippen LogP contribution < -0.4 is 5.32 Å². The molecule has 84 valence electrons. The summed E-state index contributed by atoms with van der Waals surface area (Å²) in [7, 11) is 0. The highest BCUT2D eigenvalue weighted by Crippen LogP contribution is 2.27. The predicted molar refractivity (Wildman–Crippen MR) is 70.3 cm³/mol. The van der Waals surface area contributed by atoms with Gasteiger partial charge in [0.2, 0.25) is 0 Å². The lowest BCUT2D eigenvalue weighted by atomic mass is 9.81. The fraction of sp³-hybridized carbons (Fsp3) is 0.538. The first-order chi connectivity index (χ1) is 7.06. The van der Waals surface area contributed by atoms with E-state index in [4.69, 9.17) is 0 Å². The van der Waals surface area contributed by atoms with Gasteiger partial charge in [0.15, 0.2) is 0 Å². The van der Waals surface area contributed by atoms with E-state index < -0.39 is 0 Å². The van der Waals surface area contributed by atoms with Crippen LogP contribution in [-0.4, -0.2) is 13.1 Å². The highest BCUT2D eigenvalue weighted by molar-refractivity contribution is 9.10. The van der Waals surface area contributed by atoms with E-state index in [1.807, 2.05) is 0 Å². The Morgan fingerprint density at radius 1 is 1.20 bits per heavy atom. The van der Waals surface area contributed by atoms with E-state index >= 15 is 0 Å². The van der Waals surface area contributed by atoms with E-state index in [0.29, 0.717) is 0 Å². The number of hydrogen-bond donors (Lipinski definition) is 1. The van der Waals surface area contributed by atoms with E-state index in [-0.39, 0.29) is 5.41 Å². The van der Waals surface area contributed by atoms with Crippen LogP contribution in [0.25, 0.3) is 0 Å². The van der Waals surface area contributed by atoms with Gasteiger partial charge < -0.3 is 5.32 Å². The molecule has 15 heavy (non-hydrogen) atoms. The fourth-order valence-corrected chi connectivity index (χ4v) is 1.89. The van der Waals surface area contributed by atoms with Gasteiger partial charge in [-0.25, -0.2) is 0 Å². The molecule has 0 radical (unpaired) electrons. The smallest absolute Gasteiger partial charge is 0.0175 e. The average molecular weight is 270 g/mol. The van der Waals surface area contributed by atoms with Crippen LogP contribution >= 0.6 is 15.9 Å². The van der Waals surface area contributed by atoms with E-state index in [0.717, 1.165) is 17.6 Å². The number of benzene rings is 1. The van der Waals surface area contributed by atoms with Crippen LogP contribution in [0.4, 0.5) is 0 Å². The van der Waals surface area contributed by atoms with Gasteiger partial charge in [-0.05, 0) is 42.6 Å². The molecule has 0 spiro atoms. The maximum atomic E-state index is 3.46. The zero-order valence-electron chi connectivity index (χ0n) is 9.81. The second kappa shape index (κ2) is 5.66. The molecule has 0 aliphatic heterocycles. The van der Waals surface area contributed by atoms with Gasteiger partial charge in [0, 0.05) is 4.47 Å². The first-order valence-electron chi connectivity index (χ1n) is 5.53. The molecule has 2 heteroatoms. The minimum atomic E-state index is 0.253. The van der Waals surface area contributed by atoms with Gasteiger partial charge in [-0.1, -0.05) is 48.8 Å². The summed E-state index contributed by atoms with van der Waals surface area (Å²) in [5.74, 6) is 0. The van der Waals surface area contributed by atoms with Crippen molar-refractivity contribution in [3.8, 4) is 0 Å². The van der Waals surface area contributed by atoms with Gasteiger partial charge in [0.25, 0.3) is 0 Å². The van der Waals surface area contributed by atoms with E-state index in [1.54, 1.807) is 0 Å². The molecule has 1 aromatic carbocycles. The van der Waals surface area contributed by atoms with Gasteiger partial charge >= 0.3 is 0 Å². The van der Waals surface area contributed by atoms with Crippen molar-refractivity contribution in [2.75, 3.05) is 13.1 Å². The Balaban J connectivity index is 2.63. The lowest BCUT2D eigenvalue weighted by Gasteiger charge is -2.25. The molecule has 0 bridgehead atoms. The molecule has 1 rings (SSSR count). The zero-order chi connectivity index (χ0) is 11.3. The van der Waals surface area contributed by atoms with Crippen LogP contribution in [0.1, 0.15) is 32.8 Å². The highest BCUT2D eigenvalue weighted by atomic mass is 79.9. The monoisotopic (exact) mass is 269 g/mol. The summed E-state index contributed by atoms with van der Waals surface area (Å²) >= 11 is 3.46. The molecule has 1 aromatic rings. The first kappa shape index (κ1) is 12.7. The average Bonchev–Trinajstić information content (AvgIpc) is 2.18. The quantitative estimate of drug-likeness (QED) is 0.804. The number of rotatable bonds is 5. The Hall–Kier alpha value is -0.340. The Kier molecular flexibility index (Phi) is 4.81. The molecular weight excluding hydrogens is 250 g/mol. The van der Waals surface area contributed by atoms with Crippen molar-refractivity contribution in [3.05, 3.63) is 34.3 Å². The molecule has 0 amide bonds. The Morgan fingerprint density at radius 2 is 1.80 bits per heavy atom. The third-order valence-corrected chi connectivity index (χ3v) is 3.33. The van der Waals surface area contributed by atoms with Crippen LogP contribution in [-0.2, 0) is 5.41 Å². The number of nitrogens with one attached hydrogen (secondary N) is 1. The third kappa shape index (κ3) is 3.96. The van der Waals surface area contributed by atoms with Crippen molar-refractivity contribution in [2.45, 2.75) is 32.6 Å². The molecule has 0 unspecified atom stereocenters. The summed E-state index contributed by atoms with van der Waals surface area (Å²) < 4.78 is 1.15. The predicted octanol–water partition coefficient (Wildman–Crippen LogP) is 3.73. The zero-order valence-corrected chi connectivity index (χ0v) is 11.4. The summed E-state index contributed by atoms with van der Waals surface area (Å²) in [6, 6.07) is 8.64. The highest BCUT2D eigenvalue weighted by Gasteiger charge is 2.19. The molecule has 0 aliphatic carbocycles. The molecule has 0 atom stereocenters. The molecule has 1 nitrogen and oxygen atoms in total. The summed E-state index contributed by atoms with van der Waals surface area (Å²) in [6.07, 6.45) is 1.17. The van der Waals surface area contributed by atoms with Crippen molar-refractivity contribution in [3.63, 3.8) is 0 Å². The van der Waals surface area contributed by atoms with Crippen molar-refractivity contribution in [2.24, 2.45) is 0 Å². The van der Waals surface area contributed by atoms with E-state index in [2.05, 4.69) is 66.3 Å². The molecule has 0 fully saturated rings. The van der Waals surface area contributed by atoms with Crippen LogP contribution in [0.2, 0.25) is 0 Å². The van der Waals surface area contributed by atoms with Crippen molar-refractivity contribution < 1.29 is 0 Å². The number of halogens is 1. The largest absolute Gasteiger partial charge is 0.317 e.